The van der Waals surface area contributed by atoms with Crippen molar-refractivity contribution in [3.05, 3.63) is 54.7 Å². The van der Waals surface area contributed by atoms with Gasteiger partial charge < -0.3 is 0 Å². The number of hydrogen-bond acceptors (Lipinski definition) is 1. The van der Waals surface area contributed by atoms with Crippen molar-refractivity contribution in [2.45, 2.75) is 5.38 Å². The summed E-state index contributed by atoms with van der Waals surface area (Å²) in [5.41, 5.74) is 1.11. The number of thiophene rings is 1. The summed E-state index contributed by atoms with van der Waals surface area (Å²) in [6.45, 7) is 0. The minimum absolute atomic E-state index is 0.0977. The predicted molar refractivity (Wildman–Crippen MR) is 76.2 cm³/mol. The highest BCUT2D eigenvalue weighted by molar-refractivity contribution is 14.1. The third kappa shape index (κ3) is 2.87. The van der Waals surface area contributed by atoms with Crippen molar-refractivity contribution >= 4 is 57.1 Å². The minimum atomic E-state index is -0.0977. The Morgan fingerprint density at radius 2 is 1.73 bits per heavy atom. The molecule has 0 fully saturated rings. The maximum atomic E-state index is 6.35. The fourth-order valence-corrected chi connectivity index (χ4v) is 3.04. The molecule has 0 aliphatic heterocycles. The van der Waals surface area contributed by atoms with Gasteiger partial charge in [0.1, 0.15) is 0 Å². The molecule has 1 aromatic carbocycles. The van der Waals surface area contributed by atoms with Crippen molar-refractivity contribution in [2.75, 3.05) is 0 Å². The maximum Gasteiger partial charge on any atom is 0.0931 e. The lowest BCUT2D eigenvalue weighted by molar-refractivity contribution is 1.18. The molecule has 1 atom stereocenters. The fraction of sp³-hybridized carbons (Fsp3) is 0.0909. The van der Waals surface area contributed by atoms with Gasteiger partial charge in [0.25, 0.3) is 0 Å². The summed E-state index contributed by atoms with van der Waals surface area (Å²) in [5, 5.41) is -0.0977. The van der Waals surface area contributed by atoms with Gasteiger partial charge >= 0.3 is 0 Å². The second-order valence-corrected chi connectivity index (χ2v) is 6.48. The number of halogens is 3. The van der Waals surface area contributed by atoms with Gasteiger partial charge in [-0.05, 0) is 52.4 Å². The lowest BCUT2D eigenvalue weighted by atomic mass is 10.1. The molecule has 1 aromatic heterocycles. The molecule has 2 aromatic rings. The van der Waals surface area contributed by atoms with Gasteiger partial charge in [-0.1, -0.05) is 23.7 Å². The second-order valence-electron chi connectivity index (χ2n) is 3.06. The first-order valence-corrected chi connectivity index (χ1v) is 7.02. The van der Waals surface area contributed by atoms with Crippen LogP contribution in [0.15, 0.2) is 36.4 Å². The van der Waals surface area contributed by atoms with Crippen molar-refractivity contribution in [2.24, 2.45) is 0 Å². The minimum Gasteiger partial charge on any atom is -0.127 e. The van der Waals surface area contributed by atoms with Gasteiger partial charge in [0.05, 0.1) is 9.71 Å². The Kier molecular flexibility index (Phi) is 3.93. The van der Waals surface area contributed by atoms with Crippen molar-refractivity contribution in [3.8, 4) is 0 Å². The van der Waals surface area contributed by atoms with Crippen molar-refractivity contribution in [3.63, 3.8) is 0 Å². The molecular weight excluding hydrogens is 362 g/mol. The summed E-state index contributed by atoms with van der Waals surface area (Å²) in [4.78, 5) is 1.09. The third-order valence-corrected chi connectivity index (χ3v) is 4.64. The first kappa shape index (κ1) is 11.7. The monoisotopic (exact) mass is 368 g/mol. The van der Waals surface area contributed by atoms with E-state index in [-0.39, 0.29) is 5.38 Å². The quantitative estimate of drug-likeness (QED) is 0.496. The standard InChI is InChI=1S/C11H7Cl2IS/c12-10-6-5-9(15-10)11(13)7-1-3-8(14)4-2-7/h1-6,11H. The topological polar surface area (TPSA) is 0 Å². The van der Waals surface area contributed by atoms with E-state index in [4.69, 9.17) is 23.2 Å². The van der Waals surface area contributed by atoms with Crippen LogP contribution in [-0.4, -0.2) is 0 Å². The highest BCUT2D eigenvalue weighted by atomic mass is 127. The highest BCUT2D eigenvalue weighted by Gasteiger charge is 2.12. The van der Waals surface area contributed by atoms with Crippen LogP contribution in [0, 0.1) is 3.57 Å². The Morgan fingerprint density at radius 1 is 1.07 bits per heavy atom. The van der Waals surface area contributed by atoms with Crippen LogP contribution in [0.4, 0.5) is 0 Å². The molecule has 2 rings (SSSR count). The van der Waals surface area contributed by atoms with E-state index in [9.17, 15) is 0 Å². The molecule has 0 radical (unpaired) electrons. The Bertz CT molecular complexity index is 450. The molecule has 15 heavy (non-hydrogen) atoms. The van der Waals surface area contributed by atoms with Gasteiger partial charge in [-0.3, -0.25) is 0 Å². The van der Waals surface area contributed by atoms with E-state index in [1.807, 2.05) is 24.3 Å². The fourth-order valence-electron chi connectivity index (χ4n) is 1.26. The molecule has 0 saturated heterocycles. The number of rotatable bonds is 2. The van der Waals surface area contributed by atoms with E-state index in [0.29, 0.717) is 0 Å². The zero-order chi connectivity index (χ0) is 10.8. The van der Waals surface area contributed by atoms with Crippen LogP contribution >= 0.6 is 57.1 Å². The molecule has 78 valence electrons. The van der Waals surface area contributed by atoms with Gasteiger partial charge in [0.2, 0.25) is 0 Å². The summed E-state index contributed by atoms with van der Waals surface area (Å²) in [7, 11) is 0. The Morgan fingerprint density at radius 3 is 2.27 bits per heavy atom. The Labute approximate surface area is 116 Å². The Balaban J connectivity index is 2.28. The summed E-state index contributed by atoms with van der Waals surface area (Å²) in [6, 6.07) is 12.1. The maximum absolute atomic E-state index is 6.35. The largest absolute Gasteiger partial charge is 0.127 e. The van der Waals surface area contributed by atoms with Crippen LogP contribution in [0.2, 0.25) is 4.34 Å². The molecule has 0 nitrogen and oxygen atoms in total. The predicted octanol–water partition coefficient (Wildman–Crippen LogP) is 5.33. The lowest BCUT2D eigenvalue weighted by Gasteiger charge is -2.07. The van der Waals surface area contributed by atoms with E-state index in [1.54, 1.807) is 0 Å². The first-order valence-electron chi connectivity index (χ1n) is 4.31. The van der Waals surface area contributed by atoms with Crippen LogP contribution in [0.25, 0.3) is 0 Å². The first-order chi connectivity index (χ1) is 7.16. The van der Waals surface area contributed by atoms with Crippen LogP contribution in [0.1, 0.15) is 15.8 Å². The lowest BCUT2D eigenvalue weighted by Crippen LogP contribution is -1.89. The van der Waals surface area contributed by atoms with Crippen LogP contribution < -0.4 is 0 Å². The van der Waals surface area contributed by atoms with Gasteiger partial charge in [0.15, 0.2) is 0 Å². The molecule has 1 unspecified atom stereocenters. The number of alkyl halides is 1. The normalized spacial score (nSPS) is 12.7. The third-order valence-electron chi connectivity index (χ3n) is 2.01. The average molecular weight is 369 g/mol. The van der Waals surface area contributed by atoms with E-state index in [0.717, 1.165) is 14.8 Å². The molecule has 0 spiro atoms. The van der Waals surface area contributed by atoms with Gasteiger partial charge in [-0.15, -0.1) is 22.9 Å². The molecule has 0 amide bonds. The molecule has 4 heteroatoms. The van der Waals surface area contributed by atoms with Gasteiger partial charge in [0, 0.05) is 8.45 Å². The van der Waals surface area contributed by atoms with Crippen molar-refractivity contribution in [1.29, 1.82) is 0 Å². The zero-order valence-electron chi connectivity index (χ0n) is 7.58. The average Bonchev–Trinajstić information content (AvgIpc) is 2.65. The second kappa shape index (κ2) is 5.04. The van der Waals surface area contributed by atoms with Crippen molar-refractivity contribution < 1.29 is 0 Å². The number of hydrogen-bond donors (Lipinski definition) is 0. The van der Waals surface area contributed by atoms with Gasteiger partial charge in [-0.2, -0.15) is 0 Å². The van der Waals surface area contributed by atoms with E-state index in [2.05, 4.69) is 34.7 Å². The Hall–Kier alpha value is 0.230. The summed E-state index contributed by atoms with van der Waals surface area (Å²) >= 11 is 16.0. The smallest absolute Gasteiger partial charge is 0.0931 e. The zero-order valence-corrected chi connectivity index (χ0v) is 12.1. The molecule has 0 saturated carbocycles. The summed E-state index contributed by atoms with van der Waals surface area (Å²) in [6.07, 6.45) is 0. The SMILES string of the molecule is Clc1ccc(C(Cl)c2ccc(I)cc2)s1. The van der Waals surface area contributed by atoms with Crippen LogP contribution in [0.5, 0.6) is 0 Å². The molecule has 1 heterocycles. The molecule has 0 N–H and O–H groups in total. The summed E-state index contributed by atoms with van der Waals surface area (Å²) in [5.74, 6) is 0. The van der Waals surface area contributed by atoms with Crippen LogP contribution in [0.3, 0.4) is 0 Å². The van der Waals surface area contributed by atoms with E-state index in [1.165, 1.54) is 14.9 Å². The van der Waals surface area contributed by atoms with E-state index < -0.39 is 0 Å². The van der Waals surface area contributed by atoms with Crippen molar-refractivity contribution in [1.82, 2.24) is 0 Å². The molecule has 0 bridgehead atoms. The van der Waals surface area contributed by atoms with Gasteiger partial charge in [-0.25, -0.2) is 0 Å². The van der Waals surface area contributed by atoms with E-state index >= 15 is 0 Å². The molecule has 0 aliphatic carbocycles. The highest BCUT2D eigenvalue weighted by Crippen LogP contribution is 2.35. The molecule has 0 aliphatic rings. The van der Waals surface area contributed by atoms with Crippen LogP contribution in [-0.2, 0) is 0 Å². The summed E-state index contributed by atoms with van der Waals surface area (Å²) < 4.78 is 1.99. The molecular formula is C11H7Cl2IS. The number of benzene rings is 1.